The number of ether oxygens (including phenoxy) is 1. The summed E-state index contributed by atoms with van der Waals surface area (Å²) in [6, 6.07) is 5.38. The molecule has 8 nitrogen and oxygen atoms in total. The molecule has 2 amide bonds. The van der Waals surface area contributed by atoms with Crippen molar-refractivity contribution in [3.05, 3.63) is 47.2 Å². The van der Waals surface area contributed by atoms with Gasteiger partial charge in [-0.2, -0.15) is 0 Å². The van der Waals surface area contributed by atoms with Crippen molar-refractivity contribution in [1.82, 2.24) is 15.2 Å². The molecule has 0 saturated heterocycles. The van der Waals surface area contributed by atoms with Gasteiger partial charge in [-0.05, 0) is 39.0 Å². The van der Waals surface area contributed by atoms with E-state index < -0.39 is 18.5 Å². The first-order valence-corrected chi connectivity index (χ1v) is 8.32. The quantitative estimate of drug-likeness (QED) is 0.687. The van der Waals surface area contributed by atoms with E-state index in [1.54, 1.807) is 25.3 Å². The minimum Gasteiger partial charge on any atom is -0.467 e. The normalized spacial score (nSPS) is 10.4. The fourth-order valence-electron chi connectivity index (χ4n) is 2.51. The first-order valence-electron chi connectivity index (χ1n) is 8.32. The average molecular weight is 361 g/mol. The number of carbonyl (C=O) groups excluding carboxylic acids is 3. The van der Waals surface area contributed by atoms with Gasteiger partial charge in [-0.3, -0.25) is 9.59 Å². The molecule has 2 heterocycles. The van der Waals surface area contributed by atoms with Gasteiger partial charge >= 0.3 is 5.97 Å². The van der Waals surface area contributed by atoms with Gasteiger partial charge in [0.15, 0.2) is 6.61 Å². The van der Waals surface area contributed by atoms with Crippen LogP contribution < -0.4 is 10.6 Å². The number of hydrogen-bond donors (Lipinski definition) is 2. The van der Waals surface area contributed by atoms with Crippen molar-refractivity contribution in [2.24, 2.45) is 0 Å². The highest BCUT2D eigenvalue weighted by atomic mass is 16.5. The van der Waals surface area contributed by atoms with Crippen LogP contribution in [-0.2, 0) is 20.9 Å². The monoisotopic (exact) mass is 361 g/mol. The van der Waals surface area contributed by atoms with E-state index in [4.69, 9.17) is 9.15 Å². The number of nitrogens with one attached hydrogen (secondary N) is 2. The van der Waals surface area contributed by atoms with Crippen molar-refractivity contribution in [3.8, 4) is 0 Å². The molecule has 0 radical (unpaired) electrons. The van der Waals surface area contributed by atoms with E-state index >= 15 is 0 Å². The Labute approximate surface area is 151 Å². The predicted molar refractivity (Wildman–Crippen MR) is 93.7 cm³/mol. The van der Waals surface area contributed by atoms with E-state index in [0.717, 1.165) is 17.1 Å². The highest BCUT2D eigenvalue weighted by molar-refractivity contribution is 5.93. The maximum Gasteiger partial charge on any atom is 0.340 e. The minimum atomic E-state index is -0.586. The Morgan fingerprint density at radius 3 is 2.62 bits per heavy atom. The van der Waals surface area contributed by atoms with Crippen molar-refractivity contribution < 1.29 is 23.5 Å². The molecule has 2 aromatic heterocycles. The second kappa shape index (κ2) is 8.89. The second-order valence-electron chi connectivity index (χ2n) is 5.76. The maximum atomic E-state index is 12.3. The lowest BCUT2D eigenvalue weighted by atomic mass is 10.2. The molecule has 0 atom stereocenters. The number of likely N-dealkylation sites (N-methyl/N-ethyl adjacent to an activating group) is 1. The number of nitrogens with zero attached hydrogens (tertiary/aromatic N) is 1. The fraction of sp³-hybridized carbons (Fsp3) is 0.389. The first kappa shape index (κ1) is 19.3. The average Bonchev–Trinajstić information content (AvgIpc) is 3.22. The largest absolute Gasteiger partial charge is 0.467 e. The molecule has 0 fully saturated rings. The van der Waals surface area contributed by atoms with Crippen LogP contribution in [-0.4, -0.2) is 42.0 Å². The molecule has 0 aliphatic rings. The number of hydrogen-bond acceptors (Lipinski definition) is 5. The van der Waals surface area contributed by atoms with Gasteiger partial charge in [0, 0.05) is 17.9 Å². The molecule has 0 saturated carbocycles. The van der Waals surface area contributed by atoms with Crippen molar-refractivity contribution in [2.45, 2.75) is 27.3 Å². The minimum absolute atomic E-state index is 0.151. The van der Waals surface area contributed by atoms with Crippen LogP contribution in [0.1, 0.15) is 34.4 Å². The van der Waals surface area contributed by atoms with Crippen LogP contribution in [0.4, 0.5) is 0 Å². The summed E-state index contributed by atoms with van der Waals surface area (Å²) < 4.78 is 12.3. The Balaban J connectivity index is 1.91. The lowest BCUT2D eigenvalue weighted by Gasteiger charge is -2.08. The van der Waals surface area contributed by atoms with Gasteiger partial charge in [0.2, 0.25) is 5.91 Å². The van der Waals surface area contributed by atoms with Crippen molar-refractivity contribution >= 4 is 17.8 Å². The fourth-order valence-corrected chi connectivity index (χ4v) is 2.51. The molecule has 2 aromatic rings. The van der Waals surface area contributed by atoms with E-state index in [9.17, 15) is 14.4 Å². The highest BCUT2D eigenvalue weighted by Gasteiger charge is 2.18. The number of aryl methyl sites for hydroxylation is 1. The van der Waals surface area contributed by atoms with Gasteiger partial charge in [-0.1, -0.05) is 0 Å². The molecule has 0 spiro atoms. The zero-order chi connectivity index (χ0) is 19.1. The van der Waals surface area contributed by atoms with Crippen LogP contribution in [0.3, 0.4) is 0 Å². The highest BCUT2D eigenvalue weighted by Crippen LogP contribution is 2.18. The standard InChI is InChI=1S/C18H23N3O5/c1-4-19-16(22)9-20-17(23)11-26-18(24)15-8-12(2)21(13(15)3)10-14-6-5-7-25-14/h5-8H,4,9-11H2,1-3H3,(H,19,22)(H,20,23). The van der Waals surface area contributed by atoms with Crippen LogP contribution in [0, 0.1) is 13.8 Å². The molecule has 2 N–H and O–H groups in total. The summed E-state index contributed by atoms with van der Waals surface area (Å²) in [7, 11) is 0. The third-order valence-corrected chi connectivity index (χ3v) is 3.84. The van der Waals surface area contributed by atoms with Crippen LogP contribution in [0.15, 0.2) is 28.9 Å². The Kier molecular flexibility index (Phi) is 6.60. The Hall–Kier alpha value is -3.03. The van der Waals surface area contributed by atoms with E-state index in [2.05, 4.69) is 10.6 Å². The van der Waals surface area contributed by atoms with Gasteiger partial charge in [-0.25, -0.2) is 4.79 Å². The number of esters is 1. The molecule has 0 unspecified atom stereocenters. The summed E-state index contributed by atoms with van der Waals surface area (Å²) in [5.41, 5.74) is 2.00. The molecule has 140 valence electrons. The Morgan fingerprint density at radius 2 is 1.96 bits per heavy atom. The second-order valence-corrected chi connectivity index (χ2v) is 5.76. The van der Waals surface area contributed by atoms with E-state index in [1.165, 1.54) is 0 Å². The summed E-state index contributed by atoms with van der Waals surface area (Å²) in [5, 5.41) is 4.94. The van der Waals surface area contributed by atoms with E-state index in [1.807, 2.05) is 24.5 Å². The van der Waals surface area contributed by atoms with Crippen LogP contribution in [0.2, 0.25) is 0 Å². The van der Waals surface area contributed by atoms with Crippen molar-refractivity contribution in [3.63, 3.8) is 0 Å². The lowest BCUT2D eigenvalue weighted by molar-refractivity contribution is -0.127. The van der Waals surface area contributed by atoms with Crippen LogP contribution in [0.25, 0.3) is 0 Å². The summed E-state index contributed by atoms with van der Waals surface area (Å²) in [4.78, 5) is 35.2. The molecular formula is C18H23N3O5. The summed E-state index contributed by atoms with van der Waals surface area (Å²) in [6.07, 6.45) is 1.60. The molecule has 0 aliphatic heterocycles. The smallest absolute Gasteiger partial charge is 0.340 e. The van der Waals surface area contributed by atoms with Gasteiger partial charge in [0.1, 0.15) is 5.76 Å². The maximum absolute atomic E-state index is 12.3. The molecule has 0 bridgehead atoms. The van der Waals surface area contributed by atoms with Crippen molar-refractivity contribution in [2.75, 3.05) is 19.7 Å². The predicted octanol–water partition coefficient (Wildman–Crippen LogP) is 1.16. The van der Waals surface area contributed by atoms with E-state index in [0.29, 0.717) is 18.7 Å². The molecule has 0 aromatic carbocycles. The van der Waals surface area contributed by atoms with Crippen LogP contribution in [0.5, 0.6) is 0 Å². The zero-order valence-electron chi connectivity index (χ0n) is 15.1. The first-order chi connectivity index (χ1) is 12.4. The Morgan fingerprint density at radius 1 is 1.19 bits per heavy atom. The summed E-state index contributed by atoms with van der Waals surface area (Å²) >= 11 is 0. The van der Waals surface area contributed by atoms with Gasteiger partial charge < -0.3 is 24.4 Å². The molecular weight excluding hydrogens is 338 g/mol. The number of amides is 2. The number of carbonyl (C=O) groups is 3. The summed E-state index contributed by atoms with van der Waals surface area (Å²) in [5.74, 6) is -0.643. The molecule has 0 aliphatic carbocycles. The van der Waals surface area contributed by atoms with Gasteiger partial charge in [0.25, 0.3) is 5.91 Å². The number of aromatic nitrogens is 1. The van der Waals surface area contributed by atoms with Gasteiger partial charge in [-0.15, -0.1) is 0 Å². The topological polar surface area (TPSA) is 103 Å². The summed E-state index contributed by atoms with van der Waals surface area (Å²) in [6.45, 7) is 5.86. The third kappa shape index (κ3) is 4.98. The van der Waals surface area contributed by atoms with Gasteiger partial charge in [0.05, 0.1) is 24.9 Å². The number of rotatable bonds is 8. The third-order valence-electron chi connectivity index (χ3n) is 3.84. The SMILES string of the molecule is CCNC(=O)CNC(=O)COC(=O)c1cc(C)n(Cc2ccco2)c1C. The molecule has 2 rings (SSSR count). The lowest BCUT2D eigenvalue weighted by Crippen LogP contribution is -2.38. The van der Waals surface area contributed by atoms with E-state index in [-0.39, 0.29) is 12.5 Å². The van der Waals surface area contributed by atoms with Crippen LogP contribution >= 0.6 is 0 Å². The van der Waals surface area contributed by atoms with Crippen molar-refractivity contribution in [1.29, 1.82) is 0 Å². The zero-order valence-corrected chi connectivity index (χ0v) is 15.1. The Bertz CT molecular complexity index is 777. The number of furan rings is 1. The molecule has 8 heteroatoms. The molecule has 26 heavy (non-hydrogen) atoms.